The van der Waals surface area contributed by atoms with E-state index in [1.807, 2.05) is 0 Å². The zero-order chi connectivity index (χ0) is 25.7. The fraction of sp³-hybridized carbons (Fsp3) is 0.250. The molecular weight excluding hydrogens is 509 g/mol. The van der Waals surface area contributed by atoms with Crippen LogP contribution in [0, 0.1) is 0 Å². The number of hydrogen-bond donors (Lipinski definition) is 1. The molecule has 0 fully saturated rings. The minimum Gasteiger partial charge on any atom is -0.497 e. The van der Waals surface area contributed by atoms with Gasteiger partial charge < -0.3 is 24.3 Å². The van der Waals surface area contributed by atoms with Crippen molar-refractivity contribution in [1.82, 2.24) is 25.1 Å². The second-order valence-electron chi connectivity index (χ2n) is 7.51. The van der Waals surface area contributed by atoms with Crippen molar-refractivity contribution >= 4 is 34.8 Å². The first-order chi connectivity index (χ1) is 17.4. The Morgan fingerprint density at radius 2 is 1.83 bits per heavy atom. The van der Waals surface area contributed by atoms with Crippen LogP contribution in [0.5, 0.6) is 23.1 Å². The Bertz CT molecular complexity index is 1380. The Morgan fingerprint density at radius 1 is 1.03 bits per heavy atom. The average molecular weight is 532 g/mol. The zero-order valence-corrected chi connectivity index (χ0v) is 21.2. The molecular formula is C24H23Cl2N5O5. The van der Waals surface area contributed by atoms with Gasteiger partial charge in [-0.3, -0.25) is 4.79 Å². The van der Waals surface area contributed by atoms with Crippen molar-refractivity contribution < 1.29 is 23.7 Å². The van der Waals surface area contributed by atoms with E-state index in [1.165, 1.54) is 0 Å². The van der Waals surface area contributed by atoms with E-state index < -0.39 is 6.10 Å². The van der Waals surface area contributed by atoms with E-state index >= 15 is 0 Å². The lowest BCUT2D eigenvalue weighted by Gasteiger charge is -2.16. The van der Waals surface area contributed by atoms with Gasteiger partial charge in [0.05, 0.1) is 31.4 Å². The number of carbonyl (C=O) groups is 1. The summed E-state index contributed by atoms with van der Waals surface area (Å²) in [6, 6.07) is 13.6. The normalized spacial score (nSPS) is 11.7. The number of amides is 1. The van der Waals surface area contributed by atoms with Crippen molar-refractivity contribution in [3.05, 3.63) is 58.6 Å². The number of ether oxygens (including phenoxy) is 4. The maximum absolute atomic E-state index is 12.4. The number of hydrogen-bond acceptors (Lipinski definition) is 8. The van der Waals surface area contributed by atoms with Crippen LogP contribution in [-0.2, 0) is 4.79 Å². The van der Waals surface area contributed by atoms with Crippen LogP contribution in [0.25, 0.3) is 17.0 Å². The third kappa shape index (κ3) is 5.72. The molecule has 4 aromatic rings. The fourth-order valence-corrected chi connectivity index (χ4v) is 3.75. The minimum absolute atomic E-state index is 0.179. The first-order valence-corrected chi connectivity index (χ1v) is 11.6. The first kappa shape index (κ1) is 25.3. The van der Waals surface area contributed by atoms with Gasteiger partial charge in [0.25, 0.3) is 5.91 Å². The molecule has 0 aliphatic rings. The number of rotatable bonds is 10. The predicted molar refractivity (Wildman–Crippen MR) is 134 cm³/mol. The van der Waals surface area contributed by atoms with Crippen LogP contribution in [0.4, 0.5) is 0 Å². The summed E-state index contributed by atoms with van der Waals surface area (Å²) in [5, 5.41) is 16.4. The molecule has 1 amide bonds. The van der Waals surface area contributed by atoms with Crippen LogP contribution in [0.15, 0.2) is 48.5 Å². The molecule has 2 aromatic heterocycles. The van der Waals surface area contributed by atoms with E-state index in [0.717, 1.165) is 0 Å². The number of halogens is 2. The molecule has 0 aliphatic carbocycles. The maximum atomic E-state index is 12.4. The lowest BCUT2D eigenvalue weighted by Crippen LogP contribution is -2.38. The molecule has 1 atom stereocenters. The number of benzene rings is 2. The Kier molecular flexibility index (Phi) is 7.97. The average Bonchev–Trinajstić information content (AvgIpc) is 3.30. The molecule has 2 heterocycles. The second kappa shape index (κ2) is 11.3. The van der Waals surface area contributed by atoms with Crippen molar-refractivity contribution in [2.75, 3.05) is 27.4 Å². The standard InChI is InChI=1S/C24H23Cl2N5O5/c1-14(36-20-6-4-15(25)12-18(20)26)24(32)27-10-11-35-22-9-8-21-28-29-23(31(21)30-22)17-13-16(33-2)5-7-19(17)34-3/h4-9,12-14H,10-11H2,1-3H3,(H,27,32). The topological polar surface area (TPSA) is 109 Å². The van der Waals surface area contributed by atoms with Gasteiger partial charge in [-0.2, -0.15) is 4.52 Å². The molecule has 1 N–H and O–H groups in total. The highest BCUT2D eigenvalue weighted by molar-refractivity contribution is 6.35. The van der Waals surface area contributed by atoms with Gasteiger partial charge in [0.1, 0.15) is 23.9 Å². The summed E-state index contributed by atoms with van der Waals surface area (Å²) < 4.78 is 23.7. The van der Waals surface area contributed by atoms with Crippen molar-refractivity contribution in [3.63, 3.8) is 0 Å². The van der Waals surface area contributed by atoms with Crippen molar-refractivity contribution in [3.8, 4) is 34.5 Å². The summed E-state index contributed by atoms with van der Waals surface area (Å²) in [7, 11) is 3.15. The third-order valence-electron chi connectivity index (χ3n) is 5.10. The van der Waals surface area contributed by atoms with E-state index in [9.17, 15) is 4.79 Å². The monoisotopic (exact) mass is 531 g/mol. The number of aromatic nitrogens is 4. The summed E-state index contributed by atoms with van der Waals surface area (Å²) in [6.07, 6.45) is -0.768. The van der Waals surface area contributed by atoms with Gasteiger partial charge in [0.15, 0.2) is 17.6 Å². The Hall–Kier alpha value is -3.76. The predicted octanol–water partition coefficient (Wildman–Crippen LogP) is 4.08. The van der Waals surface area contributed by atoms with Crippen molar-refractivity contribution in [2.45, 2.75) is 13.0 Å². The summed E-state index contributed by atoms with van der Waals surface area (Å²) in [4.78, 5) is 12.4. The second-order valence-corrected chi connectivity index (χ2v) is 8.35. The van der Waals surface area contributed by atoms with Gasteiger partial charge in [0.2, 0.25) is 5.88 Å². The van der Waals surface area contributed by atoms with Crippen molar-refractivity contribution in [2.24, 2.45) is 0 Å². The summed E-state index contributed by atoms with van der Waals surface area (Å²) in [5.74, 6) is 2.08. The quantitative estimate of drug-likeness (QED) is 0.305. The van der Waals surface area contributed by atoms with Crippen LogP contribution in [0.1, 0.15) is 6.92 Å². The van der Waals surface area contributed by atoms with Crippen LogP contribution in [-0.4, -0.2) is 59.2 Å². The molecule has 1 unspecified atom stereocenters. The van der Waals surface area contributed by atoms with Crippen LogP contribution in [0.2, 0.25) is 10.0 Å². The SMILES string of the molecule is COc1ccc(OC)c(-c2nnc3ccc(OCCNC(=O)C(C)Oc4ccc(Cl)cc4Cl)nn23)c1. The van der Waals surface area contributed by atoms with Gasteiger partial charge in [-0.05, 0) is 49.4 Å². The molecule has 2 aromatic carbocycles. The zero-order valence-electron chi connectivity index (χ0n) is 19.7. The molecule has 36 heavy (non-hydrogen) atoms. The third-order valence-corrected chi connectivity index (χ3v) is 5.63. The van der Waals surface area contributed by atoms with Crippen molar-refractivity contribution in [1.29, 1.82) is 0 Å². The van der Waals surface area contributed by atoms with E-state index in [2.05, 4.69) is 20.6 Å². The molecule has 188 valence electrons. The van der Waals surface area contributed by atoms with Gasteiger partial charge in [-0.1, -0.05) is 23.2 Å². The van der Waals surface area contributed by atoms with E-state index in [4.69, 9.17) is 42.1 Å². The highest BCUT2D eigenvalue weighted by atomic mass is 35.5. The molecule has 0 saturated heterocycles. The summed E-state index contributed by atoms with van der Waals surface area (Å²) >= 11 is 12.0. The minimum atomic E-state index is -0.768. The smallest absolute Gasteiger partial charge is 0.260 e. The van der Waals surface area contributed by atoms with Crippen LogP contribution >= 0.6 is 23.2 Å². The highest BCUT2D eigenvalue weighted by Gasteiger charge is 2.17. The van der Waals surface area contributed by atoms with Crippen LogP contribution < -0.4 is 24.3 Å². The lowest BCUT2D eigenvalue weighted by molar-refractivity contribution is -0.127. The molecule has 10 nitrogen and oxygen atoms in total. The number of carbonyl (C=O) groups excluding carboxylic acids is 1. The molecule has 0 radical (unpaired) electrons. The lowest BCUT2D eigenvalue weighted by atomic mass is 10.2. The van der Waals surface area contributed by atoms with Crippen LogP contribution in [0.3, 0.4) is 0 Å². The molecule has 4 rings (SSSR count). The van der Waals surface area contributed by atoms with Gasteiger partial charge in [-0.25, -0.2) is 0 Å². The Balaban J connectivity index is 1.37. The maximum Gasteiger partial charge on any atom is 0.260 e. The molecule has 0 spiro atoms. The summed E-state index contributed by atoms with van der Waals surface area (Å²) in [6.45, 7) is 2.04. The summed E-state index contributed by atoms with van der Waals surface area (Å²) in [5.41, 5.74) is 1.19. The molecule has 0 aliphatic heterocycles. The molecule has 0 saturated carbocycles. The Morgan fingerprint density at radius 3 is 2.58 bits per heavy atom. The number of fused-ring (bicyclic) bond motifs is 1. The molecule has 12 heteroatoms. The van der Waals surface area contributed by atoms with E-state index in [1.54, 1.807) is 74.2 Å². The highest BCUT2D eigenvalue weighted by Crippen LogP contribution is 2.32. The van der Waals surface area contributed by atoms with Gasteiger partial charge in [-0.15, -0.1) is 15.3 Å². The van der Waals surface area contributed by atoms with Gasteiger partial charge >= 0.3 is 0 Å². The number of methoxy groups -OCH3 is 2. The molecule has 0 bridgehead atoms. The van der Waals surface area contributed by atoms with Gasteiger partial charge in [0, 0.05) is 11.1 Å². The fourth-order valence-electron chi connectivity index (χ4n) is 3.29. The number of nitrogens with zero attached hydrogens (tertiary/aromatic N) is 4. The largest absolute Gasteiger partial charge is 0.497 e. The first-order valence-electron chi connectivity index (χ1n) is 10.9. The number of nitrogens with one attached hydrogen (secondary N) is 1. The van der Waals surface area contributed by atoms with E-state index in [-0.39, 0.29) is 19.1 Å². The van der Waals surface area contributed by atoms with E-state index in [0.29, 0.717) is 50.2 Å². The Labute approximate surface area is 217 Å².